The molecular formula is C29H32N2O5S. The highest BCUT2D eigenvalue weighted by Gasteiger charge is 2.31. The summed E-state index contributed by atoms with van der Waals surface area (Å²) in [6.07, 6.45) is 0.800. The Morgan fingerprint density at radius 1 is 1.00 bits per heavy atom. The van der Waals surface area contributed by atoms with Gasteiger partial charge in [-0.05, 0) is 97.2 Å². The first-order chi connectivity index (χ1) is 17.8. The fourth-order valence-electron chi connectivity index (χ4n) is 4.49. The predicted octanol–water partition coefficient (Wildman–Crippen LogP) is 5.48. The van der Waals surface area contributed by atoms with Crippen molar-refractivity contribution in [2.24, 2.45) is 0 Å². The minimum absolute atomic E-state index is 0.172. The maximum atomic E-state index is 11.8. The second-order valence-electron chi connectivity index (χ2n) is 8.94. The van der Waals surface area contributed by atoms with Crippen LogP contribution < -0.4 is 19.5 Å². The van der Waals surface area contributed by atoms with Crippen molar-refractivity contribution >= 4 is 29.0 Å². The third-order valence-corrected chi connectivity index (χ3v) is 6.92. The van der Waals surface area contributed by atoms with Crippen molar-refractivity contribution in [3.05, 3.63) is 82.4 Å². The molecule has 1 N–H and O–H groups in total. The van der Waals surface area contributed by atoms with Gasteiger partial charge in [0.15, 0.2) is 16.6 Å². The Morgan fingerprint density at radius 2 is 1.70 bits per heavy atom. The van der Waals surface area contributed by atoms with E-state index in [2.05, 4.69) is 42.3 Å². The number of nitrogens with zero attached hydrogens (tertiary/aromatic N) is 1. The zero-order chi connectivity index (χ0) is 26.5. The lowest BCUT2D eigenvalue weighted by Gasteiger charge is -2.39. The predicted molar refractivity (Wildman–Crippen MR) is 148 cm³/mol. The normalized spacial score (nSPS) is 14.4. The SMILES string of the molecule is COC(=O)c1ccc(OC[C@H]2c3cc(OC)c(OC)cc3CCN2C(=S)Nc2cc(C)ccc2C)cc1. The van der Waals surface area contributed by atoms with E-state index in [0.29, 0.717) is 41.1 Å². The van der Waals surface area contributed by atoms with Gasteiger partial charge in [-0.15, -0.1) is 0 Å². The molecule has 194 valence electrons. The molecule has 0 saturated carbocycles. The van der Waals surface area contributed by atoms with E-state index in [1.54, 1.807) is 38.5 Å². The number of rotatable bonds is 7. The van der Waals surface area contributed by atoms with Gasteiger partial charge in [0.1, 0.15) is 12.4 Å². The van der Waals surface area contributed by atoms with Crippen molar-refractivity contribution in [1.82, 2.24) is 4.90 Å². The van der Waals surface area contributed by atoms with E-state index >= 15 is 0 Å². The van der Waals surface area contributed by atoms with E-state index in [-0.39, 0.29) is 12.0 Å². The van der Waals surface area contributed by atoms with E-state index in [4.69, 9.17) is 31.2 Å². The van der Waals surface area contributed by atoms with Crippen LogP contribution in [0.3, 0.4) is 0 Å². The number of thiocarbonyl (C=S) groups is 1. The summed E-state index contributed by atoms with van der Waals surface area (Å²) in [5.41, 5.74) is 5.97. The Kier molecular flexibility index (Phi) is 8.18. The maximum absolute atomic E-state index is 11.8. The van der Waals surface area contributed by atoms with Crippen LogP contribution in [0.5, 0.6) is 17.2 Å². The molecule has 4 rings (SSSR count). The number of hydrogen-bond acceptors (Lipinski definition) is 6. The topological polar surface area (TPSA) is 69.3 Å². The first-order valence-electron chi connectivity index (χ1n) is 12.1. The van der Waals surface area contributed by atoms with E-state index in [1.807, 2.05) is 12.1 Å². The minimum atomic E-state index is -0.386. The maximum Gasteiger partial charge on any atom is 0.337 e. The number of anilines is 1. The Morgan fingerprint density at radius 3 is 2.38 bits per heavy atom. The molecule has 1 heterocycles. The zero-order valence-electron chi connectivity index (χ0n) is 21.8. The highest BCUT2D eigenvalue weighted by atomic mass is 32.1. The lowest BCUT2D eigenvalue weighted by Crippen LogP contribution is -2.44. The fraction of sp³-hybridized carbons (Fsp3) is 0.310. The lowest BCUT2D eigenvalue weighted by molar-refractivity contribution is 0.0600. The molecule has 0 radical (unpaired) electrons. The van der Waals surface area contributed by atoms with Gasteiger partial charge >= 0.3 is 5.97 Å². The molecule has 0 aliphatic carbocycles. The van der Waals surface area contributed by atoms with Crippen LogP contribution in [0.1, 0.15) is 38.7 Å². The summed E-state index contributed by atoms with van der Waals surface area (Å²) in [6.45, 7) is 5.18. The summed E-state index contributed by atoms with van der Waals surface area (Å²) in [6, 6.07) is 17.0. The number of benzene rings is 3. The van der Waals surface area contributed by atoms with Crippen LogP contribution in [-0.4, -0.2) is 50.5 Å². The molecular weight excluding hydrogens is 488 g/mol. The van der Waals surface area contributed by atoms with E-state index in [9.17, 15) is 4.79 Å². The Balaban J connectivity index is 1.63. The van der Waals surface area contributed by atoms with Crippen molar-refractivity contribution in [3.8, 4) is 17.2 Å². The summed E-state index contributed by atoms with van der Waals surface area (Å²) in [5, 5.41) is 4.08. The van der Waals surface area contributed by atoms with Gasteiger partial charge in [-0.1, -0.05) is 12.1 Å². The summed E-state index contributed by atoms with van der Waals surface area (Å²) in [7, 11) is 4.63. The van der Waals surface area contributed by atoms with Crippen LogP contribution in [0, 0.1) is 13.8 Å². The highest BCUT2D eigenvalue weighted by molar-refractivity contribution is 7.80. The highest BCUT2D eigenvalue weighted by Crippen LogP contribution is 2.39. The van der Waals surface area contributed by atoms with Crippen molar-refractivity contribution in [2.45, 2.75) is 26.3 Å². The molecule has 0 bridgehead atoms. The Hall–Kier alpha value is -3.78. The fourth-order valence-corrected chi connectivity index (χ4v) is 4.82. The molecule has 0 amide bonds. The van der Waals surface area contributed by atoms with Crippen LogP contribution in [0.25, 0.3) is 0 Å². The van der Waals surface area contributed by atoms with Crippen molar-refractivity contribution in [2.75, 3.05) is 39.8 Å². The molecule has 1 aliphatic rings. The first-order valence-corrected chi connectivity index (χ1v) is 12.5. The standard InChI is InChI=1S/C29H32N2O5S/c1-18-6-7-19(2)24(14-18)30-29(37)31-13-12-21-15-26(33-3)27(34-4)16-23(21)25(31)17-36-22-10-8-20(9-11-22)28(32)35-5/h6-11,14-16,25H,12-13,17H2,1-5H3,(H,30,37)/t25-/m0/s1. The van der Waals surface area contributed by atoms with Crippen LogP contribution in [-0.2, 0) is 11.2 Å². The van der Waals surface area contributed by atoms with Crippen molar-refractivity contribution in [1.29, 1.82) is 0 Å². The number of nitrogens with one attached hydrogen (secondary N) is 1. The molecule has 1 aliphatic heterocycles. The smallest absolute Gasteiger partial charge is 0.337 e. The van der Waals surface area contributed by atoms with Gasteiger partial charge in [-0.2, -0.15) is 0 Å². The van der Waals surface area contributed by atoms with Crippen molar-refractivity contribution < 1.29 is 23.7 Å². The van der Waals surface area contributed by atoms with Gasteiger partial charge in [-0.25, -0.2) is 4.79 Å². The number of aryl methyl sites for hydroxylation is 2. The zero-order valence-corrected chi connectivity index (χ0v) is 22.6. The first kappa shape index (κ1) is 26.3. The molecule has 3 aromatic rings. The monoisotopic (exact) mass is 520 g/mol. The third kappa shape index (κ3) is 5.80. The largest absolute Gasteiger partial charge is 0.493 e. The average molecular weight is 521 g/mol. The van der Waals surface area contributed by atoms with Gasteiger partial charge in [0.25, 0.3) is 0 Å². The Labute approximate surface area is 223 Å². The number of fused-ring (bicyclic) bond motifs is 1. The summed E-state index contributed by atoms with van der Waals surface area (Å²) in [5.74, 6) is 1.62. The Bertz CT molecular complexity index is 1290. The molecule has 8 heteroatoms. The molecule has 7 nitrogen and oxygen atoms in total. The van der Waals surface area contributed by atoms with Crippen LogP contribution >= 0.6 is 12.2 Å². The van der Waals surface area contributed by atoms with Crippen LogP contribution in [0.4, 0.5) is 5.69 Å². The number of esters is 1. The average Bonchev–Trinajstić information content (AvgIpc) is 2.92. The summed E-state index contributed by atoms with van der Waals surface area (Å²) >= 11 is 5.92. The summed E-state index contributed by atoms with van der Waals surface area (Å²) in [4.78, 5) is 13.9. The number of ether oxygens (including phenoxy) is 4. The van der Waals surface area contributed by atoms with Crippen LogP contribution in [0.15, 0.2) is 54.6 Å². The number of carbonyl (C=O) groups is 1. The number of methoxy groups -OCH3 is 3. The molecule has 0 fully saturated rings. The molecule has 37 heavy (non-hydrogen) atoms. The molecule has 0 unspecified atom stereocenters. The quantitative estimate of drug-likeness (QED) is 0.324. The van der Waals surface area contributed by atoms with Gasteiger partial charge in [0.2, 0.25) is 0 Å². The van der Waals surface area contributed by atoms with E-state index in [1.165, 1.54) is 7.11 Å². The third-order valence-electron chi connectivity index (χ3n) is 6.58. The second kappa shape index (κ2) is 11.5. The van der Waals surface area contributed by atoms with Gasteiger partial charge in [-0.3, -0.25) is 0 Å². The molecule has 0 spiro atoms. The molecule has 0 aromatic heterocycles. The van der Waals surface area contributed by atoms with E-state index < -0.39 is 0 Å². The lowest BCUT2D eigenvalue weighted by atomic mass is 9.92. The van der Waals surface area contributed by atoms with Crippen molar-refractivity contribution in [3.63, 3.8) is 0 Å². The van der Waals surface area contributed by atoms with Gasteiger partial charge < -0.3 is 29.2 Å². The van der Waals surface area contributed by atoms with E-state index in [0.717, 1.165) is 34.4 Å². The molecule has 1 atom stereocenters. The number of carbonyl (C=O) groups excluding carboxylic acids is 1. The number of hydrogen-bond donors (Lipinski definition) is 1. The summed E-state index contributed by atoms with van der Waals surface area (Å²) < 4.78 is 22.1. The van der Waals surface area contributed by atoms with Gasteiger partial charge in [0, 0.05) is 12.2 Å². The molecule has 0 saturated heterocycles. The second-order valence-corrected chi connectivity index (χ2v) is 9.33. The van der Waals surface area contributed by atoms with Gasteiger partial charge in [0.05, 0.1) is 32.9 Å². The minimum Gasteiger partial charge on any atom is -0.493 e. The molecule has 3 aromatic carbocycles. The van der Waals surface area contributed by atoms with Crippen LogP contribution in [0.2, 0.25) is 0 Å².